The largest absolute Gasteiger partial charge is 0.507 e. The van der Waals surface area contributed by atoms with Crippen LogP contribution in [0.4, 0.5) is 0 Å². The van der Waals surface area contributed by atoms with E-state index in [1.165, 1.54) is 7.11 Å². The average Bonchev–Trinajstić information content (AvgIpc) is 2.95. The molecule has 0 atom stereocenters. The van der Waals surface area contributed by atoms with E-state index in [1.807, 2.05) is 19.9 Å². The predicted octanol–water partition coefficient (Wildman–Crippen LogP) is 1.64. The van der Waals surface area contributed by atoms with Crippen molar-refractivity contribution in [3.05, 3.63) is 33.9 Å². The predicted molar refractivity (Wildman–Crippen MR) is 95.8 cm³/mol. The standard InChI is InChI=1S/C17H24NO7P/c1-10(8-18-6-7-26(21,22)23)4-5-12-15(19)14-13(9-25-17(14)20)11(2)16(12)24-3/h4,18-19H,5-9H2,1-3H3,(H2,21,22,23)/b10-4+. The summed E-state index contributed by atoms with van der Waals surface area (Å²) in [6.07, 6.45) is 2.00. The summed E-state index contributed by atoms with van der Waals surface area (Å²) < 4.78 is 21.2. The number of phenols is 1. The Morgan fingerprint density at radius 2 is 2.12 bits per heavy atom. The van der Waals surface area contributed by atoms with Crippen LogP contribution in [0.3, 0.4) is 0 Å². The minimum absolute atomic E-state index is 0.122. The van der Waals surface area contributed by atoms with Gasteiger partial charge in [0, 0.05) is 24.2 Å². The van der Waals surface area contributed by atoms with E-state index in [1.54, 1.807) is 0 Å². The molecule has 144 valence electrons. The van der Waals surface area contributed by atoms with Gasteiger partial charge in [-0.25, -0.2) is 4.79 Å². The molecule has 1 aliphatic heterocycles. The van der Waals surface area contributed by atoms with E-state index in [9.17, 15) is 14.5 Å². The summed E-state index contributed by atoms with van der Waals surface area (Å²) in [6.45, 7) is 4.47. The van der Waals surface area contributed by atoms with Crippen molar-refractivity contribution in [1.29, 1.82) is 0 Å². The zero-order valence-electron chi connectivity index (χ0n) is 15.0. The maximum absolute atomic E-state index is 11.9. The van der Waals surface area contributed by atoms with Crippen LogP contribution in [-0.4, -0.2) is 47.2 Å². The van der Waals surface area contributed by atoms with Crippen molar-refractivity contribution in [3.8, 4) is 11.5 Å². The number of cyclic esters (lactones) is 1. The number of fused-ring (bicyclic) bond motifs is 1. The third-order valence-electron chi connectivity index (χ3n) is 4.29. The van der Waals surface area contributed by atoms with E-state index in [0.29, 0.717) is 29.8 Å². The fourth-order valence-corrected chi connectivity index (χ4v) is 3.34. The first-order valence-electron chi connectivity index (χ1n) is 8.15. The SMILES string of the molecule is COc1c(C)c2c(c(O)c1C/C=C(\C)CNCCP(=O)(O)O)C(=O)OC2. The summed E-state index contributed by atoms with van der Waals surface area (Å²) in [6, 6.07) is 0. The zero-order valence-corrected chi connectivity index (χ0v) is 15.9. The molecule has 0 unspecified atom stereocenters. The lowest BCUT2D eigenvalue weighted by Gasteiger charge is -2.15. The van der Waals surface area contributed by atoms with Gasteiger partial charge in [-0.05, 0) is 25.8 Å². The van der Waals surface area contributed by atoms with Gasteiger partial charge in [0.25, 0.3) is 0 Å². The number of aromatic hydroxyl groups is 1. The second kappa shape index (κ2) is 8.22. The first kappa shape index (κ1) is 20.5. The molecule has 8 nitrogen and oxygen atoms in total. The van der Waals surface area contributed by atoms with Crippen LogP contribution in [0, 0.1) is 6.92 Å². The Kier molecular flexibility index (Phi) is 6.47. The van der Waals surface area contributed by atoms with Crippen molar-refractivity contribution >= 4 is 13.6 Å². The van der Waals surface area contributed by atoms with Crippen LogP contribution in [0.15, 0.2) is 11.6 Å². The Balaban J connectivity index is 2.14. The molecular formula is C17H24NO7P. The Hall–Kier alpha value is -1.86. The molecule has 0 aliphatic carbocycles. The average molecular weight is 385 g/mol. The van der Waals surface area contributed by atoms with Crippen molar-refractivity contribution in [2.24, 2.45) is 0 Å². The lowest BCUT2D eigenvalue weighted by Crippen LogP contribution is -2.20. The van der Waals surface area contributed by atoms with Crippen LogP contribution in [-0.2, 0) is 22.3 Å². The van der Waals surface area contributed by atoms with Gasteiger partial charge in [0.1, 0.15) is 23.7 Å². The van der Waals surface area contributed by atoms with E-state index in [0.717, 1.165) is 11.1 Å². The van der Waals surface area contributed by atoms with Crippen molar-refractivity contribution in [2.75, 3.05) is 26.4 Å². The number of phenolic OH excluding ortho intramolecular Hbond substituents is 1. The van der Waals surface area contributed by atoms with Gasteiger partial charge in [-0.1, -0.05) is 11.6 Å². The third kappa shape index (κ3) is 4.65. The van der Waals surface area contributed by atoms with Gasteiger partial charge in [0.2, 0.25) is 0 Å². The number of carbonyl (C=O) groups is 1. The number of esters is 1. The highest BCUT2D eigenvalue weighted by Gasteiger charge is 2.31. The van der Waals surface area contributed by atoms with Crippen LogP contribution < -0.4 is 10.1 Å². The summed E-state index contributed by atoms with van der Waals surface area (Å²) >= 11 is 0. The van der Waals surface area contributed by atoms with Gasteiger partial charge in [-0.2, -0.15) is 0 Å². The van der Waals surface area contributed by atoms with Gasteiger partial charge in [-0.15, -0.1) is 0 Å². The summed E-state index contributed by atoms with van der Waals surface area (Å²) in [5.74, 6) is -0.133. The number of carbonyl (C=O) groups excluding carboxylic acids is 1. The van der Waals surface area contributed by atoms with Crippen LogP contribution >= 0.6 is 7.60 Å². The van der Waals surface area contributed by atoms with Gasteiger partial charge in [0.05, 0.1) is 13.3 Å². The molecule has 26 heavy (non-hydrogen) atoms. The molecule has 1 aromatic carbocycles. The highest BCUT2D eigenvalue weighted by atomic mass is 31.2. The van der Waals surface area contributed by atoms with Gasteiger partial charge < -0.3 is 29.7 Å². The van der Waals surface area contributed by atoms with E-state index in [2.05, 4.69) is 5.32 Å². The molecule has 0 spiro atoms. The fraction of sp³-hybridized carbons (Fsp3) is 0.471. The van der Waals surface area contributed by atoms with E-state index >= 15 is 0 Å². The molecule has 0 saturated heterocycles. The molecule has 1 aliphatic rings. The monoisotopic (exact) mass is 385 g/mol. The number of benzene rings is 1. The summed E-state index contributed by atoms with van der Waals surface area (Å²) in [7, 11) is -2.49. The third-order valence-corrected chi connectivity index (χ3v) is 5.09. The van der Waals surface area contributed by atoms with E-state index in [4.69, 9.17) is 19.3 Å². The van der Waals surface area contributed by atoms with Gasteiger partial charge in [0.15, 0.2) is 0 Å². The minimum atomic E-state index is -4.00. The van der Waals surface area contributed by atoms with E-state index in [-0.39, 0.29) is 30.6 Å². The number of allylic oxidation sites excluding steroid dienone is 1. The first-order chi connectivity index (χ1) is 12.2. The molecule has 9 heteroatoms. The number of rotatable bonds is 8. The van der Waals surface area contributed by atoms with Crippen molar-refractivity contribution in [3.63, 3.8) is 0 Å². The first-order valence-corrected chi connectivity index (χ1v) is 9.94. The van der Waals surface area contributed by atoms with Crippen molar-refractivity contribution in [2.45, 2.75) is 26.9 Å². The molecule has 0 saturated carbocycles. The molecule has 4 N–H and O–H groups in total. The Bertz CT molecular complexity index is 782. The number of ether oxygens (including phenoxy) is 2. The molecule has 2 rings (SSSR count). The summed E-state index contributed by atoms with van der Waals surface area (Å²) in [5.41, 5.74) is 3.05. The number of nitrogens with one attached hydrogen (secondary N) is 1. The van der Waals surface area contributed by atoms with Crippen LogP contribution in [0.1, 0.15) is 34.0 Å². The molecular weight excluding hydrogens is 361 g/mol. The Morgan fingerprint density at radius 1 is 1.42 bits per heavy atom. The summed E-state index contributed by atoms with van der Waals surface area (Å²) in [4.78, 5) is 29.5. The molecule has 0 fully saturated rings. The highest BCUT2D eigenvalue weighted by Crippen LogP contribution is 2.42. The molecule has 1 aromatic rings. The zero-order chi connectivity index (χ0) is 19.5. The van der Waals surface area contributed by atoms with Crippen molar-refractivity contribution < 1.29 is 33.7 Å². The second-order valence-electron chi connectivity index (χ2n) is 6.23. The van der Waals surface area contributed by atoms with Crippen LogP contribution in [0.2, 0.25) is 0 Å². The lowest BCUT2D eigenvalue weighted by atomic mass is 9.95. The molecule has 1 heterocycles. The molecule has 0 amide bonds. The number of hydrogen-bond acceptors (Lipinski definition) is 6. The lowest BCUT2D eigenvalue weighted by molar-refractivity contribution is 0.0533. The Morgan fingerprint density at radius 3 is 2.73 bits per heavy atom. The highest BCUT2D eigenvalue weighted by molar-refractivity contribution is 7.51. The topological polar surface area (TPSA) is 125 Å². The van der Waals surface area contributed by atoms with Crippen LogP contribution in [0.25, 0.3) is 0 Å². The maximum Gasteiger partial charge on any atom is 0.342 e. The van der Waals surface area contributed by atoms with Crippen molar-refractivity contribution in [1.82, 2.24) is 5.32 Å². The second-order valence-corrected chi connectivity index (χ2v) is 8.01. The number of hydrogen-bond donors (Lipinski definition) is 4. The molecule has 0 bridgehead atoms. The molecule has 0 aromatic heterocycles. The minimum Gasteiger partial charge on any atom is -0.507 e. The normalized spacial score (nSPS) is 14.3. The maximum atomic E-state index is 11.9. The molecule has 0 radical (unpaired) electrons. The quantitative estimate of drug-likeness (QED) is 0.230. The van der Waals surface area contributed by atoms with E-state index < -0.39 is 13.6 Å². The van der Waals surface area contributed by atoms with Gasteiger partial charge >= 0.3 is 13.6 Å². The number of methoxy groups -OCH3 is 1. The smallest absolute Gasteiger partial charge is 0.342 e. The van der Waals surface area contributed by atoms with Gasteiger partial charge in [-0.3, -0.25) is 4.57 Å². The van der Waals surface area contributed by atoms with Crippen LogP contribution in [0.5, 0.6) is 11.5 Å². The Labute approximate surface area is 152 Å². The summed E-state index contributed by atoms with van der Waals surface area (Å²) in [5, 5.41) is 13.5. The fourth-order valence-electron chi connectivity index (χ4n) is 2.89.